The maximum Gasteiger partial charge on any atom is 0.306 e. The Bertz CT molecular complexity index is 350. The third kappa shape index (κ3) is 3.91. The molecular formula is C9H18N2O5S. The molecule has 1 rings (SSSR count). The van der Waals surface area contributed by atoms with Crippen LogP contribution in [0.3, 0.4) is 0 Å². The molecule has 0 N–H and O–H groups in total. The molecule has 0 atom stereocenters. The Morgan fingerprint density at radius 1 is 1.41 bits per heavy atom. The zero-order chi connectivity index (χ0) is 12.9. The lowest BCUT2D eigenvalue weighted by atomic mass is 10.4. The lowest BCUT2D eigenvalue weighted by Crippen LogP contribution is -2.47. The number of carbonyl (C=O) groups excluding carboxylic acids is 1. The van der Waals surface area contributed by atoms with Gasteiger partial charge in [0.05, 0.1) is 26.7 Å². The van der Waals surface area contributed by atoms with Crippen LogP contribution in [-0.2, 0) is 24.5 Å². The van der Waals surface area contributed by atoms with Crippen LogP contribution >= 0.6 is 0 Å². The highest BCUT2D eigenvalue weighted by molar-refractivity contribution is 7.86. The van der Waals surface area contributed by atoms with E-state index in [-0.39, 0.29) is 13.0 Å². The van der Waals surface area contributed by atoms with Crippen molar-refractivity contribution in [2.45, 2.75) is 6.42 Å². The molecule has 8 heteroatoms. The second-order valence-corrected chi connectivity index (χ2v) is 5.70. The SMILES string of the molecule is COC(=O)CCN(C)S(=O)(=O)N1CCOCC1. The molecule has 0 spiro atoms. The molecule has 7 nitrogen and oxygen atoms in total. The molecule has 0 aromatic rings. The average molecular weight is 266 g/mol. The summed E-state index contributed by atoms with van der Waals surface area (Å²) in [5.74, 6) is -0.422. The normalized spacial score (nSPS) is 18.3. The number of esters is 1. The molecule has 0 bridgehead atoms. The number of rotatable bonds is 5. The minimum Gasteiger partial charge on any atom is -0.469 e. The van der Waals surface area contributed by atoms with E-state index < -0.39 is 16.2 Å². The van der Waals surface area contributed by atoms with Crippen LogP contribution in [0.1, 0.15) is 6.42 Å². The topological polar surface area (TPSA) is 76.2 Å². The minimum atomic E-state index is -3.49. The zero-order valence-corrected chi connectivity index (χ0v) is 10.9. The fourth-order valence-electron chi connectivity index (χ4n) is 1.44. The number of methoxy groups -OCH3 is 1. The smallest absolute Gasteiger partial charge is 0.306 e. The van der Waals surface area contributed by atoms with Crippen LogP contribution in [-0.4, -0.2) is 70.0 Å². The summed E-state index contributed by atoms with van der Waals surface area (Å²) in [6.45, 7) is 1.64. The van der Waals surface area contributed by atoms with Crippen LogP contribution in [0.15, 0.2) is 0 Å². The number of hydrogen-bond donors (Lipinski definition) is 0. The Morgan fingerprint density at radius 3 is 2.53 bits per heavy atom. The van der Waals surface area contributed by atoms with Crippen molar-refractivity contribution in [3.05, 3.63) is 0 Å². The van der Waals surface area contributed by atoms with Crippen LogP contribution in [0.4, 0.5) is 0 Å². The van der Waals surface area contributed by atoms with E-state index >= 15 is 0 Å². The molecule has 1 heterocycles. The Morgan fingerprint density at radius 2 is 2.00 bits per heavy atom. The fourth-order valence-corrected chi connectivity index (χ4v) is 2.77. The van der Waals surface area contributed by atoms with E-state index in [4.69, 9.17) is 4.74 Å². The second kappa shape index (κ2) is 6.29. The fraction of sp³-hybridized carbons (Fsp3) is 0.889. The predicted molar refractivity (Wildman–Crippen MR) is 60.6 cm³/mol. The van der Waals surface area contributed by atoms with E-state index in [1.54, 1.807) is 0 Å². The third-order valence-electron chi connectivity index (χ3n) is 2.55. The van der Waals surface area contributed by atoms with E-state index in [1.165, 1.54) is 18.5 Å². The second-order valence-electron chi connectivity index (χ2n) is 3.67. The highest BCUT2D eigenvalue weighted by Crippen LogP contribution is 2.09. The number of hydrogen-bond acceptors (Lipinski definition) is 5. The maximum absolute atomic E-state index is 12.0. The largest absolute Gasteiger partial charge is 0.469 e. The van der Waals surface area contributed by atoms with Crippen LogP contribution in [0.2, 0.25) is 0 Å². The molecule has 0 radical (unpaired) electrons. The molecule has 1 aliphatic rings. The molecular weight excluding hydrogens is 248 g/mol. The van der Waals surface area contributed by atoms with E-state index in [2.05, 4.69) is 4.74 Å². The maximum atomic E-state index is 12.0. The van der Waals surface area contributed by atoms with Gasteiger partial charge in [0.2, 0.25) is 0 Å². The van der Waals surface area contributed by atoms with Crippen molar-refractivity contribution >= 4 is 16.2 Å². The Labute approximate surface area is 101 Å². The van der Waals surface area contributed by atoms with E-state index in [0.717, 1.165) is 4.31 Å². The number of carbonyl (C=O) groups is 1. The monoisotopic (exact) mass is 266 g/mol. The lowest BCUT2D eigenvalue weighted by molar-refractivity contribution is -0.140. The van der Waals surface area contributed by atoms with Crippen LogP contribution < -0.4 is 0 Å². The van der Waals surface area contributed by atoms with Gasteiger partial charge in [0.25, 0.3) is 10.2 Å². The molecule has 0 saturated carbocycles. The quantitative estimate of drug-likeness (QED) is 0.600. The molecule has 0 unspecified atom stereocenters. The summed E-state index contributed by atoms with van der Waals surface area (Å²) in [5.41, 5.74) is 0. The first kappa shape index (κ1) is 14.4. The lowest BCUT2D eigenvalue weighted by Gasteiger charge is -2.29. The van der Waals surface area contributed by atoms with Crippen molar-refractivity contribution in [1.29, 1.82) is 0 Å². The van der Waals surface area contributed by atoms with Crippen molar-refractivity contribution in [2.75, 3.05) is 47.0 Å². The molecule has 1 fully saturated rings. The van der Waals surface area contributed by atoms with E-state index in [9.17, 15) is 13.2 Å². The van der Waals surface area contributed by atoms with Gasteiger partial charge in [-0.1, -0.05) is 0 Å². The molecule has 17 heavy (non-hydrogen) atoms. The van der Waals surface area contributed by atoms with Gasteiger partial charge in [-0.15, -0.1) is 0 Å². The van der Waals surface area contributed by atoms with Crippen LogP contribution in [0.25, 0.3) is 0 Å². The van der Waals surface area contributed by atoms with Crippen LogP contribution in [0.5, 0.6) is 0 Å². The molecule has 0 aliphatic carbocycles. The van der Waals surface area contributed by atoms with Gasteiger partial charge in [0, 0.05) is 26.7 Å². The Kier molecular flexibility index (Phi) is 5.31. The van der Waals surface area contributed by atoms with Crippen molar-refractivity contribution in [1.82, 2.24) is 8.61 Å². The molecule has 1 aliphatic heterocycles. The van der Waals surface area contributed by atoms with Gasteiger partial charge in [-0.05, 0) is 0 Å². The summed E-state index contributed by atoms with van der Waals surface area (Å²) in [5, 5.41) is 0. The van der Waals surface area contributed by atoms with Gasteiger partial charge in [0.15, 0.2) is 0 Å². The summed E-state index contributed by atoms with van der Waals surface area (Å²) in [4.78, 5) is 10.9. The van der Waals surface area contributed by atoms with E-state index in [0.29, 0.717) is 26.3 Å². The van der Waals surface area contributed by atoms with E-state index in [1.807, 2.05) is 0 Å². The summed E-state index contributed by atoms with van der Waals surface area (Å²) >= 11 is 0. The van der Waals surface area contributed by atoms with Gasteiger partial charge in [-0.3, -0.25) is 4.79 Å². The summed E-state index contributed by atoms with van der Waals surface area (Å²) in [6.07, 6.45) is 0.0522. The standard InChI is InChI=1S/C9H18N2O5S/c1-10(4-3-9(12)15-2)17(13,14)11-5-7-16-8-6-11/h3-8H2,1-2H3. The minimum absolute atomic E-state index is 0.0522. The van der Waals surface area contributed by atoms with Gasteiger partial charge in [-0.2, -0.15) is 17.0 Å². The Balaban J connectivity index is 2.53. The first-order chi connectivity index (χ1) is 7.98. The average Bonchev–Trinajstić information content (AvgIpc) is 2.36. The first-order valence-electron chi connectivity index (χ1n) is 5.34. The molecule has 0 amide bonds. The molecule has 0 aromatic carbocycles. The van der Waals surface area contributed by atoms with Gasteiger partial charge in [0.1, 0.15) is 0 Å². The highest BCUT2D eigenvalue weighted by atomic mass is 32.2. The Hall–Kier alpha value is -0.700. The first-order valence-corrected chi connectivity index (χ1v) is 6.74. The third-order valence-corrected chi connectivity index (χ3v) is 4.54. The number of nitrogens with zero attached hydrogens (tertiary/aromatic N) is 2. The predicted octanol–water partition coefficient (Wildman–Crippen LogP) is -0.942. The molecule has 0 aromatic heterocycles. The summed E-state index contributed by atoms with van der Waals surface area (Å²) < 4.78 is 36.1. The summed E-state index contributed by atoms with van der Waals surface area (Å²) in [6, 6.07) is 0. The highest BCUT2D eigenvalue weighted by Gasteiger charge is 2.28. The van der Waals surface area contributed by atoms with Gasteiger partial charge >= 0.3 is 5.97 Å². The van der Waals surface area contributed by atoms with Crippen molar-refractivity contribution < 1.29 is 22.7 Å². The zero-order valence-electron chi connectivity index (χ0n) is 10.1. The van der Waals surface area contributed by atoms with Crippen molar-refractivity contribution in [2.24, 2.45) is 0 Å². The van der Waals surface area contributed by atoms with Crippen LogP contribution in [0, 0.1) is 0 Å². The number of ether oxygens (including phenoxy) is 2. The van der Waals surface area contributed by atoms with Gasteiger partial charge < -0.3 is 9.47 Å². The summed E-state index contributed by atoms with van der Waals surface area (Å²) in [7, 11) is -0.758. The molecule has 1 saturated heterocycles. The number of morpholine rings is 1. The van der Waals surface area contributed by atoms with Crippen molar-refractivity contribution in [3.63, 3.8) is 0 Å². The van der Waals surface area contributed by atoms with Crippen molar-refractivity contribution in [3.8, 4) is 0 Å². The van der Waals surface area contributed by atoms with Gasteiger partial charge in [-0.25, -0.2) is 0 Å². The molecule has 100 valence electrons.